The number of para-hydroxylation sites is 1. The molecule has 1 aliphatic heterocycles. The van der Waals surface area contributed by atoms with Crippen molar-refractivity contribution < 1.29 is 23.8 Å². The molecule has 196 valence electrons. The summed E-state index contributed by atoms with van der Waals surface area (Å²) in [6, 6.07) is 18.0. The molecule has 6 nitrogen and oxygen atoms in total. The molecule has 0 spiro atoms. The maximum absolute atomic E-state index is 15.5. The summed E-state index contributed by atoms with van der Waals surface area (Å²) in [5.74, 6) is -0.721. The quantitative estimate of drug-likeness (QED) is 0.346. The second-order valence-corrected chi connectivity index (χ2v) is 9.53. The van der Waals surface area contributed by atoms with E-state index in [-0.39, 0.29) is 24.9 Å². The summed E-state index contributed by atoms with van der Waals surface area (Å²) < 4.78 is 27.5. The van der Waals surface area contributed by atoms with Gasteiger partial charge in [0.1, 0.15) is 18.2 Å². The molecule has 3 aromatic carbocycles. The molecule has 2 atom stereocenters. The summed E-state index contributed by atoms with van der Waals surface area (Å²) in [5, 5.41) is 9.25. The number of hydrogen-bond donors (Lipinski definition) is 2. The molecule has 0 amide bonds. The molecule has 3 aromatic rings. The summed E-state index contributed by atoms with van der Waals surface area (Å²) in [4.78, 5) is 13.5. The lowest BCUT2D eigenvalue weighted by atomic mass is 9.97. The van der Waals surface area contributed by atoms with Crippen LogP contribution >= 0.6 is 0 Å². The van der Waals surface area contributed by atoms with Gasteiger partial charge in [0.05, 0.1) is 12.5 Å². The van der Waals surface area contributed by atoms with E-state index in [1.807, 2.05) is 24.3 Å². The standard InChI is InChI=1S/C30H35FN2O4/c1-3-33(18-25-9-7-13-36-25)24-15-21(19-37-28-12-5-4-8-22(28)17-29(34)35)14-23(16-24)27-11-6-10-26(20(2)32)30(27)31/h4-6,8,10-12,14-16,20,25H,3,7,9,13,17-19,32H2,1-2H3,(H,34,35). The van der Waals surface area contributed by atoms with Gasteiger partial charge in [-0.15, -0.1) is 0 Å². The number of anilines is 1. The maximum atomic E-state index is 15.5. The van der Waals surface area contributed by atoms with Gasteiger partial charge in [0.25, 0.3) is 0 Å². The van der Waals surface area contributed by atoms with Gasteiger partial charge < -0.3 is 25.2 Å². The first-order chi connectivity index (χ1) is 17.9. The molecule has 0 aliphatic carbocycles. The number of ether oxygens (including phenoxy) is 2. The van der Waals surface area contributed by atoms with Gasteiger partial charge in [0.2, 0.25) is 0 Å². The highest BCUT2D eigenvalue weighted by Gasteiger charge is 2.21. The van der Waals surface area contributed by atoms with Crippen LogP contribution < -0.4 is 15.4 Å². The molecular formula is C30H35FN2O4. The van der Waals surface area contributed by atoms with Crippen LogP contribution in [0.1, 0.15) is 49.4 Å². The van der Waals surface area contributed by atoms with E-state index in [1.165, 1.54) is 0 Å². The first-order valence-electron chi connectivity index (χ1n) is 12.8. The van der Waals surface area contributed by atoms with Gasteiger partial charge in [-0.2, -0.15) is 0 Å². The number of carboxylic acids is 1. The third-order valence-electron chi connectivity index (χ3n) is 6.71. The number of carbonyl (C=O) groups is 1. The van der Waals surface area contributed by atoms with E-state index in [0.717, 1.165) is 49.4 Å². The Morgan fingerprint density at radius 1 is 1.22 bits per heavy atom. The summed E-state index contributed by atoms with van der Waals surface area (Å²) in [6.07, 6.45) is 2.13. The fraction of sp³-hybridized carbons (Fsp3) is 0.367. The monoisotopic (exact) mass is 506 g/mol. The molecule has 1 aliphatic rings. The Kier molecular flexibility index (Phi) is 8.79. The zero-order chi connectivity index (χ0) is 26.4. The summed E-state index contributed by atoms with van der Waals surface area (Å²) in [6.45, 7) is 6.39. The van der Waals surface area contributed by atoms with Crippen LogP contribution in [0.2, 0.25) is 0 Å². The third-order valence-corrected chi connectivity index (χ3v) is 6.71. The zero-order valence-electron chi connectivity index (χ0n) is 21.5. The van der Waals surface area contributed by atoms with Crippen molar-refractivity contribution in [1.29, 1.82) is 0 Å². The van der Waals surface area contributed by atoms with Gasteiger partial charge in [0.15, 0.2) is 0 Å². The van der Waals surface area contributed by atoms with E-state index in [9.17, 15) is 9.90 Å². The fourth-order valence-electron chi connectivity index (χ4n) is 4.79. The molecule has 4 rings (SSSR count). The first-order valence-corrected chi connectivity index (χ1v) is 12.8. The van der Waals surface area contributed by atoms with Crippen molar-refractivity contribution in [1.82, 2.24) is 0 Å². The van der Waals surface area contributed by atoms with Crippen molar-refractivity contribution in [3.05, 3.63) is 83.2 Å². The minimum Gasteiger partial charge on any atom is -0.489 e. The number of hydrogen-bond acceptors (Lipinski definition) is 5. The topological polar surface area (TPSA) is 85.0 Å². The van der Waals surface area contributed by atoms with Crippen molar-refractivity contribution in [3.8, 4) is 16.9 Å². The SMILES string of the molecule is CCN(CC1CCCO1)c1cc(COc2ccccc2CC(=O)O)cc(-c2cccc(C(C)N)c2F)c1. The largest absolute Gasteiger partial charge is 0.489 e. The van der Waals surface area contributed by atoms with Crippen molar-refractivity contribution in [3.63, 3.8) is 0 Å². The normalized spacial score (nSPS) is 15.9. The molecular weight excluding hydrogens is 471 g/mol. The van der Waals surface area contributed by atoms with Crippen LogP contribution in [0.15, 0.2) is 60.7 Å². The van der Waals surface area contributed by atoms with Crippen LogP contribution in [-0.2, 0) is 22.6 Å². The van der Waals surface area contributed by atoms with Crippen molar-refractivity contribution in [2.45, 2.75) is 51.9 Å². The average molecular weight is 507 g/mol. The Balaban J connectivity index is 1.70. The molecule has 2 unspecified atom stereocenters. The fourth-order valence-corrected chi connectivity index (χ4v) is 4.79. The maximum Gasteiger partial charge on any atom is 0.307 e. The van der Waals surface area contributed by atoms with Gasteiger partial charge in [-0.1, -0.05) is 36.4 Å². The predicted octanol–water partition coefficient (Wildman–Crippen LogP) is 5.72. The highest BCUT2D eigenvalue weighted by molar-refractivity contribution is 5.72. The van der Waals surface area contributed by atoms with Gasteiger partial charge in [-0.3, -0.25) is 4.79 Å². The molecule has 7 heteroatoms. The number of halogens is 1. The molecule has 1 fully saturated rings. The first kappa shape index (κ1) is 26.6. The van der Waals surface area contributed by atoms with E-state index in [4.69, 9.17) is 15.2 Å². The second-order valence-electron chi connectivity index (χ2n) is 9.53. The summed E-state index contributed by atoms with van der Waals surface area (Å²) in [5.41, 5.74) is 10.1. The summed E-state index contributed by atoms with van der Waals surface area (Å²) in [7, 11) is 0. The number of nitrogens with zero attached hydrogens (tertiary/aromatic N) is 1. The van der Waals surface area contributed by atoms with E-state index < -0.39 is 12.0 Å². The highest BCUT2D eigenvalue weighted by atomic mass is 19.1. The number of aliphatic carboxylic acids is 1. The van der Waals surface area contributed by atoms with Gasteiger partial charge in [-0.25, -0.2) is 4.39 Å². The Bertz CT molecular complexity index is 1220. The number of carboxylic acid groups (broad SMARTS) is 1. The lowest BCUT2D eigenvalue weighted by Gasteiger charge is -2.27. The Morgan fingerprint density at radius 3 is 2.73 bits per heavy atom. The van der Waals surface area contributed by atoms with Crippen LogP contribution in [0, 0.1) is 5.82 Å². The smallest absolute Gasteiger partial charge is 0.307 e. The molecule has 0 aromatic heterocycles. The predicted molar refractivity (Wildman–Crippen MR) is 143 cm³/mol. The van der Waals surface area contributed by atoms with Crippen LogP contribution in [0.4, 0.5) is 10.1 Å². The minimum atomic E-state index is -0.919. The number of rotatable bonds is 11. The average Bonchev–Trinajstić information content (AvgIpc) is 3.39. The van der Waals surface area contributed by atoms with Crippen molar-refractivity contribution in [2.24, 2.45) is 5.73 Å². The lowest BCUT2D eigenvalue weighted by Crippen LogP contribution is -2.32. The van der Waals surface area contributed by atoms with Gasteiger partial charge >= 0.3 is 5.97 Å². The van der Waals surface area contributed by atoms with Crippen LogP contribution in [0.25, 0.3) is 11.1 Å². The number of benzene rings is 3. The summed E-state index contributed by atoms with van der Waals surface area (Å²) >= 11 is 0. The van der Waals surface area contributed by atoms with E-state index in [1.54, 1.807) is 37.3 Å². The molecule has 1 heterocycles. The molecule has 0 radical (unpaired) electrons. The molecule has 3 N–H and O–H groups in total. The molecule has 1 saturated heterocycles. The van der Waals surface area contributed by atoms with Crippen molar-refractivity contribution in [2.75, 3.05) is 24.6 Å². The number of nitrogens with two attached hydrogens (primary N) is 1. The Labute approximate surface area is 217 Å². The highest BCUT2D eigenvalue weighted by Crippen LogP contribution is 2.33. The van der Waals surface area contributed by atoms with Gasteiger partial charge in [-0.05, 0) is 62.1 Å². The van der Waals surface area contributed by atoms with Crippen LogP contribution in [-0.4, -0.2) is 36.9 Å². The second kappa shape index (κ2) is 12.2. The van der Waals surface area contributed by atoms with Crippen LogP contribution in [0.3, 0.4) is 0 Å². The molecule has 37 heavy (non-hydrogen) atoms. The van der Waals surface area contributed by atoms with E-state index in [2.05, 4.69) is 17.9 Å². The minimum absolute atomic E-state index is 0.123. The molecule has 0 saturated carbocycles. The van der Waals surface area contributed by atoms with Gasteiger partial charge in [0, 0.05) is 48.1 Å². The zero-order valence-corrected chi connectivity index (χ0v) is 21.5. The van der Waals surface area contributed by atoms with E-state index >= 15 is 4.39 Å². The third kappa shape index (κ3) is 6.67. The van der Waals surface area contributed by atoms with Crippen LogP contribution in [0.5, 0.6) is 5.75 Å². The lowest BCUT2D eigenvalue weighted by molar-refractivity contribution is -0.136. The van der Waals surface area contributed by atoms with E-state index in [0.29, 0.717) is 22.4 Å². The Morgan fingerprint density at radius 2 is 2.03 bits per heavy atom. The Hall–Kier alpha value is -3.42. The van der Waals surface area contributed by atoms with Crippen molar-refractivity contribution >= 4 is 11.7 Å². The molecule has 0 bridgehead atoms. The number of likely N-dealkylation sites (N-methyl/N-ethyl adjacent to an activating group) is 1.